The Labute approximate surface area is 214 Å². The first-order chi connectivity index (χ1) is 18.1. The third-order valence-electron chi connectivity index (χ3n) is 5.94. The molecule has 0 atom stereocenters. The van der Waals surface area contributed by atoms with Crippen LogP contribution in [0.25, 0.3) is 39.3 Å². The third kappa shape index (κ3) is 5.28. The van der Waals surface area contributed by atoms with E-state index >= 15 is 0 Å². The molecule has 1 heterocycles. The van der Waals surface area contributed by atoms with Gasteiger partial charge in [-0.1, -0.05) is 72.8 Å². The first kappa shape index (κ1) is 23.6. The Morgan fingerprint density at radius 3 is 2.14 bits per heavy atom. The lowest BCUT2D eigenvalue weighted by Gasteiger charge is -2.09. The Kier molecular flexibility index (Phi) is 6.81. The molecule has 180 valence electrons. The summed E-state index contributed by atoms with van der Waals surface area (Å²) in [7, 11) is 1.70. The summed E-state index contributed by atoms with van der Waals surface area (Å²) in [5.74, 6) is -0.981. The van der Waals surface area contributed by atoms with Crippen LogP contribution in [0.2, 0.25) is 0 Å². The Balaban J connectivity index is 1.57. The molecular formula is C31H24N4O2. The summed E-state index contributed by atoms with van der Waals surface area (Å²) in [6.45, 7) is 0. The maximum Gasteiger partial charge on any atom is 0.335 e. The highest BCUT2D eigenvalue weighted by molar-refractivity contribution is 6.16. The van der Waals surface area contributed by atoms with Crippen molar-refractivity contribution in [3.63, 3.8) is 0 Å². The van der Waals surface area contributed by atoms with E-state index in [1.807, 2.05) is 54.6 Å². The van der Waals surface area contributed by atoms with E-state index in [-0.39, 0.29) is 5.56 Å². The monoisotopic (exact) mass is 484 g/mol. The number of hydrogen-bond acceptors (Lipinski definition) is 4. The van der Waals surface area contributed by atoms with Gasteiger partial charge in [0.2, 0.25) is 0 Å². The zero-order valence-corrected chi connectivity index (χ0v) is 20.2. The number of rotatable bonds is 7. The van der Waals surface area contributed by atoms with E-state index in [1.165, 1.54) is 0 Å². The van der Waals surface area contributed by atoms with Crippen LogP contribution in [0, 0.1) is 0 Å². The molecule has 6 nitrogen and oxygen atoms in total. The van der Waals surface area contributed by atoms with E-state index in [4.69, 9.17) is 5.10 Å². The number of hydrogen-bond donors (Lipinski definition) is 1. The van der Waals surface area contributed by atoms with Gasteiger partial charge in [-0.15, -0.1) is 0 Å². The van der Waals surface area contributed by atoms with Gasteiger partial charge in [0.1, 0.15) is 0 Å². The lowest BCUT2D eigenvalue weighted by Crippen LogP contribution is -2.02. The highest BCUT2D eigenvalue weighted by atomic mass is 16.4. The van der Waals surface area contributed by atoms with Crippen LogP contribution < -0.4 is 0 Å². The van der Waals surface area contributed by atoms with Crippen LogP contribution in [0.3, 0.4) is 0 Å². The maximum absolute atomic E-state index is 11.6. The molecule has 5 rings (SSSR count). The lowest BCUT2D eigenvalue weighted by atomic mass is 10.0. The number of aliphatic imine (C=N–C) groups is 2. The van der Waals surface area contributed by atoms with Gasteiger partial charge in [0.15, 0.2) is 0 Å². The number of carbonyl (C=O) groups is 1. The highest BCUT2D eigenvalue weighted by Gasteiger charge is 2.15. The van der Waals surface area contributed by atoms with Crippen LogP contribution in [0.1, 0.15) is 10.4 Å². The first-order valence-electron chi connectivity index (χ1n) is 11.8. The molecule has 0 aliphatic carbocycles. The quantitative estimate of drug-likeness (QED) is 0.253. The normalized spacial score (nSPS) is 11.4. The lowest BCUT2D eigenvalue weighted by molar-refractivity contribution is 0.0697. The molecule has 1 aromatic heterocycles. The van der Waals surface area contributed by atoms with Crippen molar-refractivity contribution in [1.29, 1.82) is 0 Å². The molecular weight excluding hydrogens is 460 g/mol. The van der Waals surface area contributed by atoms with E-state index in [9.17, 15) is 9.90 Å². The van der Waals surface area contributed by atoms with Crippen molar-refractivity contribution in [3.8, 4) is 39.3 Å². The largest absolute Gasteiger partial charge is 0.478 e. The third-order valence-corrected chi connectivity index (χ3v) is 5.94. The molecule has 0 unspecified atom stereocenters. The van der Waals surface area contributed by atoms with Crippen LogP contribution in [-0.2, 0) is 0 Å². The van der Waals surface area contributed by atoms with Gasteiger partial charge >= 0.3 is 5.97 Å². The highest BCUT2D eigenvalue weighted by Crippen LogP contribution is 2.31. The standard InChI is InChI=1S/C31H24N4O2/c1-32-18-19-33-27-16-14-25(15-17-27)30-21-29(34-35(30)28-9-5-8-26(20-28)31(36)37)24-12-10-23(11-13-24)22-6-3-2-4-7-22/h2-21H,1H3,(H,36,37). The molecule has 0 spiro atoms. The maximum atomic E-state index is 11.6. The van der Waals surface area contributed by atoms with Crippen molar-refractivity contribution in [3.05, 3.63) is 115 Å². The van der Waals surface area contributed by atoms with Gasteiger partial charge < -0.3 is 5.11 Å². The second kappa shape index (κ2) is 10.7. The molecule has 1 N–H and O–H groups in total. The second-order valence-corrected chi connectivity index (χ2v) is 8.36. The van der Waals surface area contributed by atoms with Crippen molar-refractivity contribution in [1.82, 2.24) is 9.78 Å². The van der Waals surface area contributed by atoms with Crippen LogP contribution in [0.15, 0.2) is 119 Å². The fourth-order valence-electron chi connectivity index (χ4n) is 4.06. The average molecular weight is 485 g/mol. The van der Waals surface area contributed by atoms with Gasteiger partial charge in [0, 0.05) is 30.6 Å². The molecule has 6 heteroatoms. The fraction of sp³-hybridized carbons (Fsp3) is 0.0323. The summed E-state index contributed by atoms with van der Waals surface area (Å²) in [4.78, 5) is 19.9. The molecule has 0 aliphatic heterocycles. The molecule has 4 aromatic carbocycles. The van der Waals surface area contributed by atoms with Crippen molar-refractivity contribution in [2.75, 3.05) is 7.05 Å². The van der Waals surface area contributed by atoms with Gasteiger partial charge in [-0.05, 0) is 47.5 Å². The summed E-state index contributed by atoms with van der Waals surface area (Å²) in [6, 6.07) is 35.1. The molecule has 0 aliphatic rings. The summed E-state index contributed by atoms with van der Waals surface area (Å²) < 4.78 is 1.79. The Bertz CT molecular complexity index is 1580. The Morgan fingerprint density at radius 2 is 1.43 bits per heavy atom. The van der Waals surface area contributed by atoms with E-state index in [1.54, 1.807) is 42.4 Å². The smallest absolute Gasteiger partial charge is 0.335 e. The van der Waals surface area contributed by atoms with Gasteiger partial charge in [-0.2, -0.15) is 5.10 Å². The predicted molar refractivity (Wildman–Crippen MR) is 149 cm³/mol. The minimum absolute atomic E-state index is 0.204. The van der Waals surface area contributed by atoms with Crippen LogP contribution in [0.5, 0.6) is 0 Å². The van der Waals surface area contributed by atoms with Gasteiger partial charge in [-0.25, -0.2) is 9.48 Å². The summed E-state index contributed by atoms with van der Waals surface area (Å²) in [6.07, 6.45) is 3.28. The zero-order chi connectivity index (χ0) is 25.6. The van der Waals surface area contributed by atoms with Crippen molar-refractivity contribution >= 4 is 24.1 Å². The Hall–Kier alpha value is -5.10. The molecule has 0 radical (unpaired) electrons. The number of aromatic carboxylic acids is 1. The molecule has 0 amide bonds. The molecule has 37 heavy (non-hydrogen) atoms. The average Bonchev–Trinajstić information content (AvgIpc) is 3.40. The summed E-state index contributed by atoms with van der Waals surface area (Å²) >= 11 is 0. The van der Waals surface area contributed by atoms with Gasteiger partial charge in [-0.3, -0.25) is 9.98 Å². The minimum atomic E-state index is -0.981. The number of carboxylic acid groups (broad SMARTS) is 1. The number of aromatic nitrogens is 2. The second-order valence-electron chi connectivity index (χ2n) is 8.36. The van der Waals surface area contributed by atoms with E-state index in [0.29, 0.717) is 5.69 Å². The van der Waals surface area contributed by atoms with Gasteiger partial charge in [0.25, 0.3) is 0 Å². The molecule has 5 aromatic rings. The number of nitrogens with zero attached hydrogens (tertiary/aromatic N) is 4. The van der Waals surface area contributed by atoms with Gasteiger partial charge in [0.05, 0.1) is 28.3 Å². The van der Waals surface area contributed by atoms with E-state index in [0.717, 1.165) is 39.3 Å². The van der Waals surface area contributed by atoms with Crippen molar-refractivity contribution < 1.29 is 9.90 Å². The predicted octanol–water partition coefficient (Wildman–Crippen LogP) is 6.97. The molecule has 0 fully saturated rings. The number of benzene rings is 4. The minimum Gasteiger partial charge on any atom is -0.478 e. The molecule has 0 bridgehead atoms. The van der Waals surface area contributed by atoms with Crippen LogP contribution >= 0.6 is 0 Å². The van der Waals surface area contributed by atoms with E-state index < -0.39 is 5.97 Å². The Morgan fingerprint density at radius 1 is 0.757 bits per heavy atom. The molecule has 0 saturated carbocycles. The van der Waals surface area contributed by atoms with Crippen molar-refractivity contribution in [2.45, 2.75) is 0 Å². The fourth-order valence-corrected chi connectivity index (χ4v) is 4.06. The molecule has 0 saturated heterocycles. The van der Waals surface area contributed by atoms with Crippen LogP contribution in [-0.4, -0.2) is 40.3 Å². The summed E-state index contributed by atoms with van der Waals surface area (Å²) in [5.41, 5.74) is 7.49. The SMILES string of the molecule is CN=CC=Nc1ccc(-c2cc(-c3ccc(-c4ccccc4)cc3)nn2-c2cccc(C(=O)O)c2)cc1. The topological polar surface area (TPSA) is 79.8 Å². The van der Waals surface area contributed by atoms with Crippen molar-refractivity contribution in [2.24, 2.45) is 9.98 Å². The van der Waals surface area contributed by atoms with Crippen LogP contribution in [0.4, 0.5) is 5.69 Å². The first-order valence-corrected chi connectivity index (χ1v) is 11.8. The van der Waals surface area contributed by atoms with E-state index in [2.05, 4.69) is 46.4 Å². The number of carboxylic acids is 1. The zero-order valence-electron chi connectivity index (χ0n) is 20.2. The summed E-state index contributed by atoms with van der Waals surface area (Å²) in [5, 5.41) is 14.4.